The summed E-state index contributed by atoms with van der Waals surface area (Å²) in [6.07, 6.45) is 2.88. The Bertz CT molecular complexity index is 215. The number of nitrogens with one attached hydrogen (secondary N) is 1. The van der Waals surface area contributed by atoms with Gasteiger partial charge >= 0.3 is 0 Å². The Labute approximate surface area is 104 Å². The van der Waals surface area contributed by atoms with Gasteiger partial charge in [0.2, 0.25) is 0 Å². The number of halogens is 2. The zero-order chi connectivity index (χ0) is 9.52. The van der Waals surface area contributed by atoms with Gasteiger partial charge in [0.15, 0.2) is 0 Å². The Morgan fingerprint density at radius 2 is 2.07 bits per heavy atom. The highest BCUT2D eigenvalue weighted by Gasteiger charge is 1.94. The third-order valence-corrected chi connectivity index (χ3v) is 1.84. The molecule has 15 heavy (non-hydrogen) atoms. The number of nitrogens with zero attached hydrogens (tertiary/aromatic N) is 1. The summed E-state index contributed by atoms with van der Waals surface area (Å²) in [6.45, 7) is 3.00. The molecule has 5 heteroatoms. The van der Waals surface area contributed by atoms with Crippen molar-refractivity contribution in [1.29, 1.82) is 0 Å². The lowest BCUT2D eigenvalue weighted by Gasteiger charge is -2.08. The summed E-state index contributed by atoms with van der Waals surface area (Å²) in [5, 5.41) is 3.32. The summed E-state index contributed by atoms with van der Waals surface area (Å²) in [4.78, 5) is 2.19. The van der Waals surface area contributed by atoms with Gasteiger partial charge in [0.1, 0.15) is 5.76 Å². The summed E-state index contributed by atoms with van der Waals surface area (Å²) in [5.41, 5.74) is 0. The Morgan fingerprint density at radius 1 is 1.33 bits per heavy atom. The molecule has 0 unspecified atom stereocenters. The smallest absolute Gasteiger partial charge is 0.117 e. The second-order valence-corrected chi connectivity index (χ2v) is 3.41. The highest BCUT2D eigenvalue weighted by Crippen LogP contribution is 1.98. The van der Waals surface area contributed by atoms with Gasteiger partial charge in [-0.05, 0) is 45.7 Å². The highest BCUT2D eigenvalue weighted by atomic mass is 35.5. The second-order valence-electron chi connectivity index (χ2n) is 3.41. The average molecular weight is 253 g/mol. The molecule has 1 heterocycles. The molecule has 0 saturated heterocycles. The van der Waals surface area contributed by atoms with E-state index in [1.165, 1.54) is 6.42 Å². The van der Waals surface area contributed by atoms with Gasteiger partial charge < -0.3 is 39.4 Å². The average Bonchev–Trinajstić information content (AvgIpc) is 2.55. The standard InChI is InChI=1S/C10H18N2O.2ClH/c1-12(2)7-4-6-11-9-10-5-3-8-13-10;;/h3,5,8,11H,4,6-7,9H2,1-2H3;2*1H/p-2. The Balaban J connectivity index is 0. The van der Waals surface area contributed by atoms with Crippen LogP contribution in [0.15, 0.2) is 22.8 Å². The van der Waals surface area contributed by atoms with E-state index in [2.05, 4.69) is 24.3 Å². The van der Waals surface area contributed by atoms with Gasteiger partial charge in [0.25, 0.3) is 0 Å². The quantitative estimate of drug-likeness (QED) is 0.517. The summed E-state index contributed by atoms with van der Waals surface area (Å²) in [7, 11) is 4.18. The molecule has 0 atom stereocenters. The first-order valence-corrected chi connectivity index (χ1v) is 4.67. The van der Waals surface area contributed by atoms with Gasteiger partial charge in [-0.15, -0.1) is 0 Å². The fourth-order valence-corrected chi connectivity index (χ4v) is 1.15. The molecule has 0 spiro atoms. The van der Waals surface area contributed by atoms with Crippen molar-refractivity contribution in [2.45, 2.75) is 13.0 Å². The van der Waals surface area contributed by atoms with Gasteiger partial charge in [-0.3, -0.25) is 0 Å². The second kappa shape index (κ2) is 10.3. The summed E-state index contributed by atoms with van der Waals surface area (Å²) < 4.78 is 5.19. The topological polar surface area (TPSA) is 28.4 Å². The number of hydrogen-bond donors (Lipinski definition) is 1. The highest BCUT2D eigenvalue weighted by molar-refractivity contribution is 4.97. The molecule has 0 radical (unpaired) electrons. The van der Waals surface area contributed by atoms with Crippen LogP contribution in [-0.2, 0) is 6.54 Å². The number of hydrogen-bond acceptors (Lipinski definition) is 3. The van der Waals surface area contributed by atoms with Crippen LogP contribution in [0.5, 0.6) is 0 Å². The Hall–Kier alpha value is -0.220. The lowest BCUT2D eigenvalue weighted by Crippen LogP contribution is -3.00. The largest absolute Gasteiger partial charge is 1.00 e. The minimum atomic E-state index is 0. The summed E-state index contributed by atoms with van der Waals surface area (Å²) >= 11 is 0. The summed E-state index contributed by atoms with van der Waals surface area (Å²) in [6, 6.07) is 3.90. The Kier molecular flexibility index (Phi) is 11.8. The zero-order valence-corrected chi connectivity index (χ0v) is 10.7. The van der Waals surface area contributed by atoms with Crippen molar-refractivity contribution in [3.63, 3.8) is 0 Å². The van der Waals surface area contributed by atoms with Crippen molar-refractivity contribution in [2.24, 2.45) is 0 Å². The first-order chi connectivity index (χ1) is 6.29. The maximum Gasteiger partial charge on any atom is 0.117 e. The van der Waals surface area contributed by atoms with Gasteiger partial charge in [0, 0.05) is 0 Å². The van der Waals surface area contributed by atoms with Gasteiger partial charge in [0.05, 0.1) is 12.8 Å². The van der Waals surface area contributed by atoms with E-state index in [0.29, 0.717) is 0 Å². The maximum atomic E-state index is 5.19. The van der Waals surface area contributed by atoms with Crippen molar-refractivity contribution >= 4 is 0 Å². The zero-order valence-electron chi connectivity index (χ0n) is 9.17. The molecule has 3 nitrogen and oxygen atoms in total. The van der Waals surface area contributed by atoms with E-state index in [-0.39, 0.29) is 24.8 Å². The van der Waals surface area contributed by atoms with Crippen molar-refractivity contribution in [2.75, 3.05) is 27.2 Å². The molecule has 0 bridgehead atoms. The van der Waals surface area contributed by atoms with Crippen LogP contribution in [0, 0.1) is 0 Å². The van der Waals surface area contributed by atoms with Crippen molar-refractivity contribution in [1.82, 2.24) is 10.2 Å². The van der Waals surface area contributed by atoms with Crippen molar-refractivity contribution in [3.8, 4) is 0 Å². The predicted octanol–water partition coefficient (Wildman–Crippen LogP) is -4.67. The third-order valence-electron chi connectivity index (χ3n) is 1.84. The predicted molar refractivity (Wildman–Crippen MR) is 53.6 cm³/mol. The molecule has 0 aromatic carbocycles. The molecular formula is C10H18Cl2N2O-2. The van der Waals surface area contributed by atoms with E-state index in [9.17, 15) is 0 Å². The molecule has 0 aliphatic rings. The van der Waals surface area contributed by atoms with Crippen LogP contribution in [0.25, 0.3) is 0 Å². The molecular weight excluding hydrogens is 235 g/mol. The van der Waals surface area contributed by atoms with E-state index in [1.807, 2.05) is 12.1 Å². The Morgan fingerprint density at radius 3 is 2.60 bits per heavy atom. The summed E-state index contributed by atoms with van der Waals surface area (Å²) in [5.74, 6) is 1.00. The molecule has 1 rings (SSSR count). The lowest BCUT2D eigenvalue weighted by atomic mass is 10.4. The van der Waals surface area contributed by atoms with Gasteiger partial charge in [-0.1, -0.05) is 0 Å². The van der Waals surface area contributed by atoms with Crippen LogP contribution >= 0.6 is 0 Å². The van der Waals surface area contributed by atoms with Crippen LogP contribution in [-0.4, -0.2) is 32.1 Å². The molecule has 0 amide bonds. The SMILES string of the molecule is CN(C)CCCNCc1ccco1.[Cl-].[Cl-]. The van der Waals surface area contributed by atoms with E-state index >= 15 is 0 Å². The lowest BCUT2D eigenvalue weighted by molar-refractivity contribution is -0.001000. The molecule has 90 valence electrons. The molecule has 0 aliphatic heterocycles. The number of rotatable bonds is 6. The van der Waals surface area contributed by atoms with E-state index in [0.717, 1.165) is 25.4 Å². The van der Waals surface area contributed by atoms with Crippen LogP contribution in [0.3, 0.4) is 0 Å². The van der Waals surface area contributed by atoms with Crippen LogP contribution < -0.4 is 30.1 Å². The normalized spacial score (nSPS) is 9.53. The maximum absolute atomic E-state index is 5.19. The minimum Gasteiger partial charge on any atom is -1.00 e. The number of furan rings is 1. The van der Waals surface area contributed by atoms with Crippen molar-refractivity contribution in [3.05, 3.63) is 24.2 Å². The van der Waals surface area contributed by atoms with Gasteiger partial charge in [-0.2, -0.15) is 0 Å². The monoisotopic (exact) mass is 252 g/mol. The van der Waals surface area contributed by atoms with E-state index in [4.69, 9.17) is 4.42 Å². The van der Waals surface area contributed by atoms with Crippen molar-refractivity contribution < 1.29 is 29.2 Å². The molecule has 1 aromatic rings. The first-order valence-electron chi connectivity index (χ1n) is 4.67. The third kappa shape index (κ3) is 8.75. The minimum absolute atomic E-state index is 0. The van der Waals surface area contributed by atoms with Gasteiger partial charge in [-0.25, -0.2) is 0 Å². The molecule has 0 aliphatic carbocycles. The fourth-order valence-electron chi connectivity index (χ4n) is 1.15. The van der Waals surface area contributed by atoms with Crippen LogP contribution in [0.1, 0.15) is 12.2 Å². The molecule has 0 fully saturated rings. The molecule has 1 aromatic heterocycles. The fraction of sp³-hybridized carbons (Fsp3) is 0.600. The van der Waals surface area contributed by atoms with Crippen LogP contribution in [0.2, 0.25) is 0 Å². The molecule has 1 N–H and O–H groups in total. The molecule has 0 saturated carbocycles. The first kappa shape index (κ1) is 17.2. The van der Waals surface area contributed by atoms with E-state index < -0.39 is 0 Å². The van der Waals surface area contributed by atoms with E-state index in [1.54, 1.807) is 6.26 Å². The van der Waals surface area contributed by atoms with Crippen LogP contribution in [0.4, 0.5) is 0 Å².